The smallest absolute Gasteiger partial charge is 0.243 e. The summed E-state index contributed by atoms with van der Waals surface area (Å²) in [6.07, 6.45) is 3.59. The van der Waals surface area contributed by atoms with E-state index in [2.05, 4.69) is 5.32 Å². The van der Waals surface area contributed by atoms with Crippen LogP contribution in [-0.4, -0.2) is 43.7 Å². The van der Waals surface area contributed by atoms with Crippen LogP contribution in [0.3, 0.4) is 0 Å². The molecule has 180 valence electrons. The maximum Gasteiger partial charge on any atom is 0.243 e. The van der Waals surface area contributed by atoms with Gasteiger partial charge < -0.3 is 10.2 Å². The summed E-state index contributed by atoms with van der Waals surface area (Å²) >= 11 is 0. The summed E-state index contributed by atoms with van der Waals surface area (Å²) < 4.78 is 41.7. The number of fused-ring (bicyclic) bond motifs is 1. The Morgan fingerprint density at radius 3 is 2.59 bits per heavy atom. The average molecular weight is 486 g/mol. The van der Waals surface area contributed by atoms with Crippen LogP contribution >= 0.6 is 0 Å². The molecule has 2 heterocycles. The first kappa shape index (κ1) is 23.0. The van der Waals surface area contributed by atoms with Crippen molar-refractivity contribution < 1.29 is 22.4 Å². The Bertz CT molecular complexity index is 1240. The number of rotatable bonds is 5. The van der Waals surface area contributed by atoms with Gasteiger partial charge in [-0.05, 0) is 81.0 Å². The molecule has 2 amide bonds. The zero-order valence-corrected chi connectivity index (χ0v) is 19.9. The third-order valence-electron chi connectivity index (χ3n) is 6.92. The lowest BCUT2D eigenvalue weighted by molar-refractivity contribution is -0.121. The van der Waals surface area contributed by atoms with Gasteiger partial charge in [0.05, 0.1) is 10.8 Å². The third-order valence-corrected chi connectivity index (χ3v) is 8.78. The summed E-state index contributed by atoms with van der Waals surface area (Å²) in [5.74, 6) is -1.06. The molecule has 0 spiro atoms. The number of anilines is 2. The van der Waals surface area contributed by atoms with Gasteiger partial charge in [0.25, 0.3) is 0 Å². The molecule has 7 nitrogen and oxygen atoms in total. The number of halogens is 1. The maximum atomic E-state index is 13.4. The van der Waals surface area contributed by atoms with E-state index in [9.17, 15) is 22.4 Å². The molecule has 0 radical (unpaired) electrons. The molecule has 0 aromatic heterocycles. The fraction of sp³-hybridized carbons (Fsp3) is 0.440. The second kappa shape index (κ2) is 8.78. The van der Waals surface area contributed by atoms with E-state index in [0.717, 1.165) is 24.1 Å². The first-order valence-corrected chi connectivity index (χ1v) is 13.2. The molecule has 2 fully saturated rings. The van der Waals surface area contributed by atoms with Crippen LogP contribution in [0.15, 0.2) is 47.4 Å². The third kappa shape index (κ3) is 4.34. The summed E-state index contributed by atoms with van der Waals surface area (Å²) in [7, 11) is -3.80. The molecule has 34 heavy (non-hydrogen) atoms. The van der Waals surface area contributed by atoms with Crippen molar-refractivity contribution >= 4 is 33.2 Å². The Kier molecular flexibility index (Phi) is 5.93. The van der Waals surface area contributed by atoms with Gasteiger partial charge in [-0.1, -0.05) is 6.07 Å². The highest BCUT2D eigenvalue weighted by atomic mass is 32.2. The quantitative estimate of drug-likeness (QED) is 0.702. The minimum atomic E-state index is -3.80. The molecule has 2 aromatic rings. The molecule has 3 aliphatic rings. The van der Waals surface area contributed by atoms with E-state index in [1.807, 2.05) is 11.8 Å². The number of sulfonamides is 1. The van der Waals surface area contributed by atoms with E-state index in [4.69, 9.17) is 0 Å². The van der Waals surface area contributed by atoms with Crippen molar-refractivity contribution in [1.29, 1.82) is 0 Å². The van der Waals surface area contributed by atoms with Gasteiger partial charge in [0.15, 0.2) is 0 Å². The maximum absolute atomic E-state index is 13.4. The molecular formula is C25H28FN3O4S. The molecular weight excluding hydrogens is 457 g/mol. The first-order chi connectivity index (χ1) is 16.2. The molecule has 2 aromatic carbocycles. The minimum Gasteiger partial charge on any atom is -0.326 e. The lowest BCUT2D eigenvalue weighted by Gasteiger charge is -2.31. The van der Waals surface area contributed by atoms with Crippen molar-refractivity contribution in [3.63, 3.8) is 0 Å². The Hall–Kier alpha value is -2.78. The van der Waals surface area contributed by atoms with Crippen LogP contribution in [0.5, 0.6) is 0 Å². The average Bonchev–Trinajstić information content (AvgIpc) is 3.60. The number of hydrogen-bond acceptors (Lipinski definition) is 4. The Balaban J connectivity index is 1.32. The molecule has 0 unspecified atom stereocenters. The number of benzene rings is 2. The van der Waals surface area contributed by atoms with Gasteiger partial charge in [0.1, 0.15) is 5.82 Å². The largest absolute Gasteiger partial charge is 0.326 e. The van der Waals surface area contributed by atoms with Crippen LogP contribution in [0.25, 0.3) is 0 Å². The highest BCUT2D eigenvalue weighted by molar-refractivity contribution is 7.89. The number of nitrogens with zero attached hydrogens (tertiary/aromatic N) is 2. The zero-order chi connectivity index (χ0) is 24.0. The summed E-state index contributed by atoms with van der Waals surface area (Å²) in [4.78, 5) is 27.4. The molecule has 1 saturated heterocycles. The van der Waals surface area contributed by atoms with Crippen LogP contribution in [0.4, 0.5) is 15.8 Å². The van der Waals surface area contributed by atoms with Crippen molar-refractivity contribution in [3.8, 4) is 0 Å². The van der Waals surface area contributed by atoms with E-state index >= 15 is 0 Å². The second-order valence-corrected chi connectivity index (χ2v) is 11.5. The minimum absolute atomic E-state index is 0.00643. The van der Waals surface area contributed by atoms with Crippen molar-refractivity contribution in [2.24, 2.45) is 11.8 Å². The van der Waals surface area contributed by atoms with Crippen molar-refractivity contribution in [1.82, 2.24) is 4.31 Å². The molecule has 5 rings (SSSR count). The van der Waals surface area contributed by atoms with Crippen molar-refractivity contribution in [2.75, 3.05) is 23.3 Å². The van der Waals surface area contributed by atoms with Gasteiger partial charge in [0, 0.05) is 36.4 Å². The Labute approximate surface area is 199 Å². The molecule has 9 heteroatoms. The van der Waals surface area contributed by atoms with E-state index in [0.29, 0.717) is 31.5 Å². The van der Waals surface area contributed by atoms with Gasteiger partial charge in [0.2, 0.25) is 21.8 Å². The van der Waals surface area contributed by atoms with Gasteiger partial charge in [-0.25, -0.2) is 12.8 Å². The summed E-state index contributed by atoms with van der Waals surface area (Å²) in [6.45, 7) is 2.40. The lowest BCUT2D eigenvalue weighted by atomic mass is 9.99. The molecule has 2 atom stereocenters. The standard InChI is InChI=1S/C25H28FN3O4S/c1-16-12-19-13-22(9-10-23(19)29(16)25(31)17-7-8-17)34(32,33)28-11-3-4-18(15-28)24(30)27-21-6-2-5-20(26)14-21/h2,5-6,9-10,13-14,16-18H,3-4,7-8,11-12,15H2,1H3,(H,27,30)/t16-,18-/m1/s1. The lowest BCUT2D eigenvalue weighted by Crippen LogP contribution is -2.43. The van der Waals surface area contributed by atoms with Crippen LogP contribution in [0.1, 0.15) is 38.2 Å². The number of piperidine rings is 1. The fourth-order valence-electron chi connectivity index (χ4n) is 4.97. The van der Waals surface area contributed by atoms with Crippen LogP contribution in [-0.2, 0) is 26.0 Å². The highest BCUT2D eigenvalue weighted by Gasteiger charge is 2.40. The Morgan fingerprint density at radius 2 is 1.85 bits per heavy atom. The van der Waals surface area contributed by atoms with Crippen molar-refractivity contribution in [2.45, 2.75) is 50.0 Å². The normalized spacial score (nSPS) is 22.9. The number of carbonyl (C=O) groups is 2. The number of hydrogen-bond donors (Lipinski definition) is 1. The predicted molar refractivity (Wildman–Crippen MR) is 126 cm³/mol. The van der Waals surface area contributed by atoms with Gasteiger partial charge >= 0.3 is 0 Å². The van der Waals surface area contributed by atoms with Crippen LogP contribution in [0, 0.1) is 17.7 Å². The zero-order valence-electron chi connectivity index (χ0n) is 19.0. The van der Waals surface area contributed by atoms with E-state index in [1.54, 1.807) is 24.3 Å². The van der Waals surface area contributed by atoms with E-state index in [1.165, 1.54) is 22.5 Å². The van der Waals surface area contributed by atoms with Gasteiger partial charge in [-0.3, -0.25) is 9.59 Å². The summed E-state index contributed by atoms with van der Waals surface area (Å²) in [5, 5.41) is 2.69. The molecule has 1 aliphatic carbocycles. The number of amides is 2. The van der Waals surface area contributed by atoms with E-state index in [-0.39, 0.29) is 35.2 Å². The first-order valence-electron chi connectivity index (χ1n) is 11.8. The fourth-order valence-corrected chi connectivity index (χ4v) is 6.54. The van der Waals surface area contributed by atoms with E-state index < -0.39 is 21.8 Å². The molecule has 1 N–H and O–H groups in total. The van der Waals surface area contributed by atoms with Gasteiger partial charge in [-0.15, -0.1) is 0 Å². The summed E-state index contributed by atoms with van der Waals surface area (Å²) in [6, 6.07) is 10.6. The Morgan fingerprint density at radius 1 is 1.06 bits per heavy atom. The summed E-state index contributed by atoms with van der Waals surface area (Å²) in [5.41, 5.74) is 2.01. The van der Waals surface area contributed by atoms with Crippen molar-refractivity contribution in [3.05, 3.63) is 53.8 Å². The number of carbonyl (C=O) groups excluding carboxylic acids is 2. The monoisotopic (exact) mass is 485 g/mol. The van der Waals surface area contributed by atoms with Gasteiger partial charge in [-0.2, -0.15) is 4.31 Å². The predicted octanol–water partition coefficient (Wildman–Crippen LogP) is 3.55. The van der Waals surface area contributed by atoms with Crippen LogP contribution in [0.2, 0.25) is 0 Å². The second-order valence-electron chi connectivity index (χ2n) is 9.53. The van der Waals surface area contributed by atoms with Crippen LogP contribution < -0.4 is 10.2 Å². The molecule has 2 aliphatic heterocycles. The molecule has 1 saturated carbocycles. The SMILES string of the molecule is C[C@@H]1Cc2cc(S(=O)(=O)N3CCC[C@@H](C(=O)Nc4cccc(F)c4)C3)ccc2N1C(=O)C1CC1. The number of nitrogens with one attached hydrogen (secondary N) is 1. The topological polar surface area (TPSA) is 86.8 Å². The highest BCUT2D eigenvalue weighted by Crippen LogP contribution is 2.40. The molecule has 0 bridgehead atoms.